The molecule has 1 aliphatic heterocycles. The first-order valence-electron chi connectivity index (χ1n) is 7.71. The molecule has 1 aromatic rings. The molecule has 1 heterocycles. The van der Waals surface area contributed by atoms with Crippen LogP contribution in [0.2, 0.25) is 0 Å². The van der Waals surface area contributed by atoms with Crippen molar-refractivity contribution in [1.82, 2.24) is 10.2 Å². The molecule has 5 heteroatoms. The number of benzene rings is 1. The van der Waals surface area contributed by atoms with Crippen LogP contribution in [0.5, 0.6) is 0 Å². The Morgan fingerprint density at radius 3 is 2.81 bits per heavy atom. The van der Waals surface area contributed by atoms with Gasteiger partial charge in [0.1, 0.15) is 5.82 Å². The predicted octanol–water partition coefficient (Wildman–Crippen LogP) is 3.07. The maximum Gasteiger partial charge on any atom is 0.321 e. The Labute approximate surface area is 125 Å². The van der Waals surface area contributed by atoms with Crippen LogP contribution in [0.1, 0.15) is 26.2 Å². The normalized spacial score (nSPS) is 18.3. The van der Waals surface area contributed by atoms with Crippen LogP contribution in [0.15, 0.2) is 24.3 Å². The summed E-state index contributed by atoms with van der Waals surface area (Å²) in [6.07, 6.45) is 3.26. The molecule has 0 aliphatic carbocycles. The summed E-state index contributed by atoms with van der Waals surface area (Å²) in [5.41, 5.74) is 0.629. The van der Waals surface area contributed by atoms with E-state index in [-0.39, 0.29) is 11.8 Å². The molecule has 2 N–H and O–H groups in total. The fourth-order valence-corrected chi connectivity index (χ4v) is 2.67. The van der Waals surface area contributed by atoms with E-state index in [1.54, 1.807) is 12.1 Å². The molecule has 0 saturated carbocycles. The van der Waals surface area contributed by atoms with Gasteiger partial charge in [0.15, 0.2) is 0 Å². The highest BCUT2D eigenvalue weighted by Crippen LogP contribution is 2.14. The molecule has 0 aromatic heterocycles. The van der Waals surface area contributed by atoms with E-state index in [0.29, 0.717) is 11.6 Å². The lowest BCUT2D eigenvalue weighted by Crippen LogP contribution is -2.43. The van der Waals surface area contributed by atoms with Gasteiger partial charge in [-0.15, -0.1) is 0 Å². The highest BCUT2D eigenvalue weighted by atomic mass is 19.1. The van der Waals surface area contributed by atoms with E-state index in [1.165, 1.54) is 18.6 Å². The Morgan fingerprint density at radius 2 is 2.19 bits per heavy atom. The zero-order chi connectivity index (χ0) is 15.1. The molecule has 0 spiro atoms. The smallest absolute Gasteiger partial charge is 0.321 e. The summed E-state index contributed by atoms with van der Waals surface area (Å²) < 4.78 is 12.9. The molecule has 2 rings (SSSR count). The number of rotatable bonds is 5. The van der Waals surface area contributed by atoms with Crippen LogP contribution >= 0.6 is 0 Å². The lowest BCUT2D eigenvalue weighted by atomic mass is 9.99. The van der Waals surface area contributed by atoms with Gasteiger partial charge in [-0.25, -0.2) is 9.18 Å². The molecule has 2 amide bonds. The molecule has 21 heavy (non-hydrogen) atoms. The van der Waals surface area contributed by atoms with Gasteiger partial charge in [-0.3, -0.25) is 0 Å². The third kappa shape index (κ3) is 5.01. The molecular weight excluding hydrogens is 269 g/mol. The molecule has 1 aromatic carbocycles. The fourth-order valence-electron chi connectivity index (χ4n) is 2.67. The number of anilines is 1. The molecule has 1 fully saturated rings. The minimum atomic E-state index is -0.299. The highest BCUT2D eigenvalue weighted by molar-refractivity contribution is 5.89. The molecule has 0 bridgehead atoms. The summed E-state index contributed by atoms with van der Waals surface area (Å²) in [5, 5.41) is 6.22. The summed E-state index contributed by atoms with van der Waals surface area (Å²) >= 11 is 0. The van der Waals surface area contributed by atoms with E-state index in [0.717, 1.165) is 39.0 Å². The average Bonchev–Trinajstić information content (AvgIpc) is 2.50. The van der Waals surface area contributed by atoms with E-state index in [1.807, 2.05) is 4.90 Å². The van der Waals surface area contributed by atoms with Crippen molar-refractivity contribution < 1.29 is 9.18 Å². The number of carbonyl (C=O) groups is 1. The quantitative estimate of drug-likeness (QED) is 0.876. The van der Waals surface area contributed by atoms with Crippen molar-refractivity contribution >= 4 is 11.7 Å². The Hall–Kier alpha value is -1.62. The summed E-state index contributed by atoms with van der Waals surface area (Å²) in [6, 6.07) is 5.77. The van der Waals surface area contributed by atoms with Gasteiger partial charge in [0.25, 0.3) is 0 Å². The summed E-state index contributed by atoms with van der Waals surface area (Å²) in [4.78, 5) is 14.2. The molecule has 116 valence electrons. The molecule has 4 nitrogen and oxygen atoms in total. The van der Waals surface area contributed by atoms with Gasteiger partial charge >= 0.3 is 6.03 Å². The van der Waals surface area contributed by atoms with Crippen molar-refractivity contribution in [3.05, 3.63) is 30.1 Å². The minimum absolute atomic E-state index is 0.103. The van der Waals surface area contributed by atoms with Crippen molar-refractivity contribution in [3.63, 3.8) is 0 Å². The van der Waals surface area contributed by atoms with Crippen LogP contribution in [-0.4, -0.2) is 37.1 Å². The lowest BCUT2D eigenvalue weighted by Gasteiger charge is -2.30. The van der Waals surface area contributed by atoms with Crippen LogP contribution in [0.3, 0.4) is 0 Å². The SMILES string of the molecule is CCCN(CC1CCCNC1)C(=O)Nc1ccc(F)cc1. The summed E-state index contributed by atoms with van der Waals surface area (Å²) in [5.74, 6) is 0.218. The zero-order valence-electron chi connectivity index (χ0n) is 12.6. The standard InChI is InChI=1S/C16H24FN3O/c1-2-10-20(12-13-4-3-9-18-11-13)16(21)19-15-7-5-14(17)6-8-15/h5-8,13,18H,2-4,9-12H2,1H3,(H,19,21). The summed E-state index contributed by atoms with van der Waals surface area (Å²) in [7, 11) is 0. The monoisotopic (exact) mass is 293 g/mol. The molecular formula is C16H24FN3O. The van der Waals surface area contributed by atoms with Crippen molar-refractivity contribution in [2.45, 2.75) is 26.2 Å². The van der Waals surface area contributed by atoms with Gasteiger partial charge in [0.05, 0.1) is 0 Å². The third-order valence-corrected chi connectivity index (χ3v) is 3.75. The van der Waals surface area contributed by atoms with Gasteiger partial charge in [-0.05, 0) is 62.5 Å². The van der Waals surface area contributed by atoms with Gasteiger partial charge < -0.3 is 15.5 Å². The van der Waals surface area contributed by atoms with Gasteiger partial charge in [0.2, 0.25) is 0 Å². The Bertz CT molecular complexity index is 443. The molecule has 1 aliphatic rings. The van der Waals surface area contributed by atoms with Crippen LogP contribution in [-0.2, 0) is 0 Å². The fraction of sp³-hybridized carbons (Fsp3) is 0.562. The number of nitrogens with zero attached hydrogens (tertiary/aromatic N) is 1. The Morgan fingerprint density at radius 1 is 1.43 bits per heavy atom. The first kappa shape index (κ1) is 15.8. The number of halogens is 1. The molecule has 1 saturated heterocycles. The second-order valence-corrected chi connectivity index (χ2v) is 5.60. The number of nitrogens with one attached hydrogen (secondary N) is 2. The van der Waals surface area contributed by atoms with E-state index in [9.17, 15) is 9.18 Å². The second kappa shape index (κ2) is 7.98. The van der Waals surface area contributed by atoms with Crippen LogP contribution < -0.4 is 10.6 Å². The number of amides is 2. The third-order valence-electron chi connectivity index (χ3n) is 3.75. The molecule has 0 radical (unpaired) electrons. The van der Waals surface area contributed by atoms with E-state index < -0.39 is 0 Å². The largest absolute Gasteiger partial charge is 0.324 e. The first-order valence-corrected chi connectivity index (χ1v) is 7.71. The van der Waals surface area contributed by atoms with Gasteiger partial charge in [0, 0.05) is 18.8 Å². The number of urea groups is 1. The topological polar surface area (TPSA) is 44.4 Å². The molecule has 1 unspecified atom stereocenters. The van der Waals surface area contributed by atoms with Crippen LogP contribution in [0, 0.1) is 11.7 Å². The van der Waals surface area contributed by atoms with Crippen molar-refractivity contribution in [2.24, 2.45) is 5.92 Å². The van der Waals surface area contributed by atoms with E-state index >= 15 is 0 Å². The lowest BCUT2D eigenvalue weighted by molar-refractivity contribution is 0.193. The molecule has 1 atom stereocenters. The number of carbonyl (C=O) groups excluding carboxylic acids is 1. The highest BCUT2D eigenvalue weighted by Gasteiger charge is 2.20. The van der Waals surface area contributed by atoms with Gasteiger partial charge in [-0.2, -0.15) is 0 Å². The van der Waals surface area contributed by atoms with E-state index in [4.69, 9.17) is 0 Å². The average molecular weight is 293 g/mol. The maximum atomic E-state index is 12.9. The Balaban J connectivity index is 1.92. The Kier molecular flexibility index (Phi) is 5.99. The summed E-state index contributed by atoms with van der Waals surface area (Å²) in [6.45, 7) is 5.63. The van der Waals surface area contributed by atoms with Crippen LogP contribution in [0.25, 0.3) is 0 Å². The van der Waals surface area contributed by atoms with E-state index in [2.05, 4.69) is 17.6 Å². The zero-order valence-corrected chi connectivity index (χ0v) is 12.6. The number of piperidine rings is 1. The predicted molar refractivity (Wildman–Crippen MR) is 82.9 cm³/mol. The maximum absolute atomic E-state index is 12.9. The number of hydrogen-bond donors (Lipinski definition) is 2. The van der Waals surface area contributed by atoms with Crippen molar-refractivity contribution in [3.8, 4) is 0 Å². The first-order chi connectivity index (χ1) is 10.2. The van der Waals surface area contributed by atoms with Crippen molar-refractivity contribution in [2.75, 3.05) is 31.5 Å². The van der Waals surface area contributed by atoms with Gasteiger partial charge in [-0.1, -0.05) is 6.92 Å². The second-order valence-electron chi connectivity index (χ2n) is 5.60. The van der Waals surface area contributed by atoms with Crippen LogP contribution in [0.4, 0.5) is 14.9 Å². The van der Waals surface area contributed by atoms with Crippen molar-refractivity contribution in [1.29, 1.82) is 0 Å². The minimum Gasteiger partial charge on any atom is -0.324 e. The number of hydrogen-bond acceptors (Lipinski definition) is 2.